The number of likely N-dealkylation sites (tertiary alicyclic amines) is 2. The van der Waals surface area contributed by atoms with Crippen molar-refractivity contribution in [2.24, 2.45) is 0 Å². The molecule has 7 nitrogen and oxygen atoms in total. The fraction of sp³-hybridized carbons (Fsp3) is 0.324. The molecule has 3 aromatic carbocycles. The molecule has 2 aliphatic heterocycles. The van der Waals surface area contributed by atoms with Crippen LogP contribution in [0.5, 0.6) is 0 Å². The summed E-state index contributed by atoms with van der Waals surface area (Å²) in [7, 11) is 0. The van der Waals surface area contributed by atoms with Gasteiger partial charge in [0.2, 0.25) is 0 Å². The summed E-state index contributed by atoms with van der Waals surface area (Å²) in [4.78, 5) is 42.3. The molecule has 2 unspecified atom stereocenters. The molecule has 8 heteroatoms. The van der Waals surface area contributed by atoms with Crippen molar-refractivity contribution in [3.63, 3.8) is 0 Å². The van der Waals surface area contributed by atoms with Gasteiger partial charge in [0.05, 0.1) is 10.8 Å². The highest BCUT2D eigenvalue weighted by Crippen LogP contribution is 2.52. The van der Waals surface area contributed by atoms with Crippen LogP contribution in [0, 0.1) is 0 Å². The molecular weight excluding hydrogens is 584 g/mol. The number of benzene rings is 3. The van der Waals surface area contributed by atoms with E-state index in [-0.39, 0.29) is 24.3 Å². The second-order valence-corrected chi connectivity index (χ2v) is 13.7. The molecule has 3 aromatic rings. The molecule has 2 fully saturated rings. The number of amides is 3. The average molecular weight is 625 g/mol. The van der Waals surface area contributed by atoms with Crippen molar-refractivity contribution in [3.05, 3.63) is 132 Å². The van der Waals surface area contributed by atoms with E-state index in [4.69, 9.17) is 9.47 Å². The lowest BCUT2D eigenvalue weighted by Gasteiger charge is -2.37. The first kappa shape index (κ1) is 32.1. The zero-order chi connectivity index (χ0) is 32.0. The summed E-state index contributed by atoms with van der Waals surface area (Å²) in [5.74, 6) is -0.382. The Bertz CT molecular complexity index is 1440. The van der Waals surface area contributed by atoms with Gasteiger partial charge in [0.1, 0.15) is 12.2 Å². The molecule has 5 rings (SSSR count). The monoisotopic (exact) mass is 624 g/mol. The van der Waals surface area contributed by atoms with Crippen LogP contribution >= 0.6 is 11.8 Å². The Morgan fingerprint density at radius 1 is 0.889 bits per heavy atom. The highest BCUT2D eigenvalue weighted by atomic mass is 32.2. The average Bonchev–Trinajstić information content (AvgIpc) is 3.61. The van der Waals surface area contributed by atoms with Gasteiger partial charge in [0.25, 0.3) is 5.91 Å². The van der Waals surface area contributed by atoms with Crippen LogP contribution in [0.25, 0.3) is 0 Å². The number of nitrogens with zero attached hydrogens (tertiary/aromatic N) is 2. The summed E-state index contributed by atoms with van der Waals surface area (Å²) in [5, 5.41) is -0.0118. The lowest BCUT2D eigenvalue weighted by molar-refractivity contribution is -0.124. The van der Waals surface area contributed by atoms with Gasteiger partial charge in [-0.3, -0.25) is 4.79 Å². The quantitative estimate of drug-likeness (QED) is 0.146. The van der Waals surface area contributed by atoms with Gasteiger partial charge in [-0.05, 0) is 50.3 Å². The Morgan fingerprint density at radius 2 is 1.42 bits per heavy atom. The Labute approximate surface area is 269 Å². The van der Waals surface area contributed by atoms with Crippen LogP contribution in [-0.2, 0) is 19.0 Å². The lowest BCUT2D eigenvalue weighted by Crippen LogP contribution is -2.38. The highest BCUT2D eigenvalue weighted by Gasteiger charge is 2.45. The van der Waals surface area contributed by atoms with Crippen molar-refractivity contribution in [1.29, 1.82) is 0 Å². The van der Waals surface area contributed by atoms with Crippen molar-refractivity contribution in [2.75, 3.05) is 19.7 Å². The summed E-state index contributed by atoms with van der Waals surface area (Å²) in [6, 6.07) is 30.9. The molecule has 2 heterocycles. The van der Waals surface area contributed by atoms with E-state index >= 15 is 0 Å². The van der Waals surface area contributed by atoms with Crippen molar-refractivity contribution in [1.82, 2.24) is 9.80 Å². The number of ether oxygens (including phenoxy) is 2. The fourth-order valence-electron chi connectivity index (χ4n) is 5.96. The second kappa shape index (κ2) is 13.8. The first-order valence-electron chi connectivity index (χ1n) is 15.3. The zero-order valence-corrected chi connectivity index (χ0v) is 26.9. The largest absolute Gasteiger partial charge is 0.445 e. The number of rotatable bonds is 8. The number of hydrogen-bond donors (Lipinski definition) is 0. The molecule has 0 saturated carbocycles. The predicted octanol–water partition coefficient (Wildman–Crippen LogP) is 7.57. The highest BCUT2D eigenvalue weighted by molar-refractivity contribution is 8.01. The number of carbonyl (C=O) groups is 3. The Balaban J connectivity index is 1.50. The Kier molecular flexibility index (Phi) is 9.83. The first-order valence-corrected chi connectivity index (χ1v) is 16.1. The third kappa shape index (κ3) is 7.17. The van der Waals surface area contributed by atoms with Crippen LogP contribution in [0.1, 0.15) is 50.3 Å². The fourth-order valence-corrected chi connectivity index (χ4v) is 7.80. The molecule has 2 saturated heterocycles. The van der Waals surface area contributed by atoms with Gasteiger partial charge in [-0.15, -0.1) is 11.8 Å². The van der Waals surface area contributed by atoms with E-state index in [0.29, 0.717) is 25.0 Å². The van der Waals surface area contributed by atoms with E-state index in [9.17, 15) is 14.4 Å². The molecule has 0 N–H and O–H groups in total. The summed E-state index contributed by atoms with van der Waals surface area (Å²) in [6.07, 6.45) is 3.26. The van der Waals surface area contributed by atoms with Crippen LogP contribution in [-0.4, -0.2) is 64.5 Å². The molecule has 0 spiro atoms. The summed E-state index contributed by atoms with van der Waals surface area (Å²) in [6.45, 7) is 9.74. The number of thioether (sulfide) groups is 1. The first-order chi connectivity index (χ1) is 21.6. The summed E-state index contributed by atoms with van der Waals surface area (Å²) < 4.78 is 10.4. The molecule has 234 valence electrons. The molecule has 3 amide bonds. The van der Waals surface area contributed by atoms with Gasteiger partial charge in [0, 0.05) is 23.9 Å². The maximum absolute atomic E-state index is 13.4. The molecule has 2 aliphatic rings. The van der Waals surface area contributed by atoms with Gasteiger partial charge >= 0.3 is 12.2 Å². The van der Waals surface area contributed by atoms with Crippen LogP contribution < -0.4 is 0 Å². The molecule has 45 heavy (non-hydrogen) atoms. The minimum absolute atomic E-state index is 0.0118. The zero-order valence-electron chi connectivity index (χ0n) is 26.1. The van der Waals surface area contributed by atoms with Crippen molar-refractivity contribution >= 4 is 29.9 Å². The Hall–Kier alpha value is -4.30. The molecule has 0 bridgehead atoms. The van der Waals surface area contributed by atoms with Crippen LogP contribution in [0.15, 0.2) is 115 Å². The second-order valence-electron chi connectivity index (χ2n) is 12.2. The van der Waals surface area contributed by atoms with E-state index in [0.717, 1.165) is 21.6 Å². The third-order valence-corrected chi connectivity index (χ3v) is 9.62. The SMILES string of the molecule is C=CCOC(=O)N1CC(SC(c2ccccc2)(c2ccccc2)c2ccccc2)CC1C=C1CCN(C(=O)OC(C)(C)C)C1=O. The topological polar surface area (TPSA) is 76.2 Å². The predicted molar refractivity (Wildman–Crippen MR) is 178 cm³/mol. The van der Waals surface area contributed by atoms with Crippen LogP contribution in [0.3, 0.4) is 0 Å². The van der Waals surface area contributed by atoms with Gasteiger partial charge < -0.3 is 14.4 Å². The van der Waals surface area contributed by atoms with Gasteiger partial charge in [0.15, 0.2) is 0 Å². The molecular formula is C37H40N2O5S. The van der Waals surface area contributed by atoms with E-state index < -0.39 is 28.6 Å². The maximum atomic E-state index is 13.4. The maximum Gasteiger partial charge on any atom is 0.417 e. The minimum Gasteiger partial charge on any atom is -0.445 e. The van der Waals surface area contributed by atoms with Crippen LogP contribution in [0.4, 0.5) is 9.59 Å². The number of carbonyl (C=O) groups excluding carboxylic acids is 3. The van der Waals surface area contributed by atoms with E-state index in [2.05, 4.69) is 79.4 Å². The van der Waals surface area contributed by atoms with Crippen molar-refractivity contribution in [3.8, 4) is 0 Å². The normalized spacial score (nSPS) is 19.5. The van der Waals surface area contributed by atoms with Gasteiger partial charge in [-0.25, -0.2) is 14.5 Å². The number of hydrogen-bond acceptors (Lipinski definition) is 6. The molecule has 0 radical (unpaired) electrons. The van der Waals surface area contributed by atoms with E-state index in [1.807, 2.05) is 36.0 Å². The van der Waals surface area contributed by atoms with E-state index in [1.165, 1.54) is 6.08 Å². The molecule has 0 aliphatic carbocycles. The van der Waals surface area contributed by atoms with Gasteiger partial charge in [-0.2, -0.15) is 0 Å². The van der Waals surface area contributed by atoms with Crippen molar-refractivity contribution in [2.45, 2.75) is 55.3 Å². The number of imide groups is 1. The molecule has 0 aromatic heterocycles. The standard InChI is InChI=1S/C37H40N2O5S/c1-5-23-43-34(41)39-26-32(25-31(39)24-27-21-22-38(33(27)40)35(42)44-36(2,3)4)45-37(28-15-9-6-10-16-28,29-17-11-7-12-18-29)30-19-13-8-14-20-30/h5-20,24,31-32H,1,21-23,25-26H2,2-4H3. The summed E-state index contributed by atoms with van der Waals surface area (Å²) in [5.41, 5.74) is 3.18. The smallest absolute Gasteiger partial charge is 0.417 e. The summed E-state index contributed by atoms with van der Waals surface area (Å²) >= 11 is 1.81. The van der Waals surface area contributed by atoms with E-state index in [1.54, 1.807) is 25.7 Å². The van der Waals surface area contributed by atoms with Crippen molar-refractivity contribution < 1.29 is 23.9 Å². The third-order valence-electron chi connectivity index (χ3n) is 7.88. The molecule has 2 atom stereocenters. The lowest BCUT2D eigenvalue weighted by atomic mass is 9.84. The Morgan fingerprint density at radius 3 is 1.91 bits per heavy atom. The van der Waals surface area contributed by atoms with Gasteiger partial charge in [-0.1, -0.05) is 110 Å². The van der Waals surface area contributed by atoms with Crippen LogP contribution in [0.2, 0.25) is 0 Å². The minimum atomic E-state index is -0.714.